The Morgan fingerprint density at radius 3 is 1.64 bits per heavy atom. The first-order valence-corrected chi connectivity index (χ1v) is 19.7. The summed E-state index contributed by atoms with van der Waals surface area (Å²) in [5, 5.41) is -0.967. The van der Waals surface area contributed by atoms with E-state index in [2.05, 4.69) is 82.3 Å². The fourth-order valence-corrected chi connectivity index (χ4v) is 11.5. The van der Waals surface area contributed by atoms with E-state index in [1.54, 1.807) is 13.8 Å². The van der Waals surface area contributed by atoms with Crippen molar-refractivity contribution in [3.63, 3.8) is 0 Å². The molecule has 0 rings (SSSR count). The van der Waals surface area contributed by atoms with Gasteiger partial charge in [0.15, 0.2) is 0 Å². The summed E-state index contributed by atoms with van der Waals surface area (Å²) in [5.41, 5.74) is 0.734. The molecule has 3 atom stereocenters. The number of rotatable bonds is 16. The zero-order valence-corrected chi connectivity index (χ0v) is 26.1. The molecule has 0 N–H and O–H groups in total. The van der Waals surface area contributed by atoms with E-state index in [-0.39, 0.29) is 19.8 Å². The lowest BCUT2D eigenvalue weighted by atomic mass is 10.3. The maximum atomic E-state index is 11.6. The summed E-state index contributed by atoms with van der Waals surface area (Å²) in [7, 11) is -2.43. The molecule has 0 heterocycles. The highest BCUT2D eigenvalue weighted by Gasteiger charge is 2.55. The van der Waals surface area contributed by atoms with Crippen molar-refractivity contribution in [2.45, 2.75) is 84.5 Å². The van der Waals surface area contributed by atoms with E-state index >= 15 is 0 Å². The summed E-state index contributed by atoms with van der Waals surface area (Å²) >= 11 is 2.40. The Kier molecular flexibility index (Phi) is 13.3. The number of hydrogen-bond donors (Lipinski definition) is 0. The highest BCUT2D eigenvalue weighted by molar-refractivity contribution is 14.1. The molecule has 0 spiro atoms. The van der Waals surface area contributed by atoms with Crippen LogP contribution < -0.4 is 0 Å². The number of ether oxygens (including phenoxy) is 3. The largest absolute Gasteiger partial charge is 0.460 e. The van der Waals surface area contributed by atoms with Gasteiger partial charge in [-0.3, -0.25) is 0 Å². The van der Waals surface area contributed by atoms with Crippen molar-refractivity contribution >= 4 is 47.9 Å². The summed E-state index contributed by atoms with van der Waals surface area (Å²) in [6.45, 7) is 26.1. The zero-order chi connectivity index (χ0) is 26.1. The standard InChI is InChI=1S/C23H43IO7Si2/c1-12-22(7,29-16-14-27-20(25)18(3)4)32(9,10)31-23(8,13-2)33(11,24)30-17-15-28-21(26)19(5)6/h3,5,12-17H2,1-2,4,6-11H3/t22?,23-,33?/m1/s1. The zero-order valence-electron chi connectivity index (χ0n) is 21.9. The Balaban J connectivity index is 5.23. The van der Waals surface area contributed by atoms with Gasteiger partial charge in [-0.15, -0.1) is 0 Å². The van der Waals surface area contributed by atoms with Crippen molar-refractivity contribution in [1.82, 2.24) is 0 Å². The van der Waals surface area contributed by atoms with Crippen LogP contribution >= 0.6 is 21.8 Å². The first kappa shape index (κ1) is 32.5. The molecule has 0 saturated carbocycles. The maximum absolute atomic E-state index is 11.6. The lowest BCUT2D eigenvalue weighted by molar-refractivity contribution is -0.142. The molecule has 0 amide bonds. The van der Waals surface area contributed by atoms with Gasteiger partial charge in [0.2, 0.25) is 8.32 Å². The molecule has 10 heteroatoms. The van der Waals surface area contributed by atoms with Gasteiger partial charge in [0.25, 0.3) is 5.81 Å². The minimum absolute atomic E-state index is 0.168. The molecule has 0 fully saturated rings. The molecule has 7 nitrogen and oxygen atoms in total. The average Bonchev–Trinajstić information content (AvgIpc) is 2.72. The van der Waals surface area contributed by atoms with Gasteiger partial charge in [-0.25, -0.2) is 9.59 Å². The third-order valence-electron chi connectivity index (χ3n) is 6.17. The fourth-order valence-electron chi connectivity index (χ4n) is 3.02. The van der Waals surface area contributed by atoms with E-state index in [0.29, 0.717) is 17.8 Å². The van der Waals surface area contributed by atoms with Gasteiger partial charge in [0.05, 0.1) is 23.7 Å². The van der Waals surface area contributed by atoms with Crippen LogP contribution in [0, 0.1) is 0 Å². The van der Waals surface area contributed by atoms with Crippen molar-refractivity contribution in [1.29, 1.82) is 0 Å². The van der Waals surface area contributed by atoms with E-state index < -0.39 is 36.5 Å². The predicted octanol–water partition coefficient (Wildman–Crippen LogP) is 5.40. The topological polar surface area (TPSA) is 80.3 Å². The van der Waals surface area contributed by atoms with Crippen molar-refractivity contribution in [3.05, 3.63) is 24.3 Å². The number of halogens is 1. The van der Waals surface area contributed by atoms with E-state index in [9.17, 15) is 9.59 Å². The Labute approximate surface area is 215 Å². The van der Waals surface area contributed by atoms with Crippen molar-refractivity contribution < 1.29 is 32.7 Å². The highest BCUT2D eigenvalue weighted by Crippen LogP contribution is 2.40. The van der Waals surface area contributed by atoms with Crippen molar-refractivity contribution in [2.24, 2.45) is 0 Å². The minimum Gasteiger partial charge on any atom is -0.460 e. The Hall–Kier alpha value is -0.536. The van der Waals surface area contributed by atoms with Crippen LogP contribution in [0.3, 0.4) is 0 Å². The number of hydrogen-bond acceptors (Lipinski definition) is 7. The first-order valence-electron chi connectivity index (χ1n) is 11.3. The smallest absolute Gasteiger partial charge is 0.333 e. The van der Waals surface area contributed by atoms with Crippen molar-refractivity contribution in [2.75, 3.05) is 26.4 Å². The number of carbonyl (C=O) groups excluding carboxylic acids is 2. The lowest BCUT2D eigenvalue weighted by Gasteiger charge is -2.50. The number of esters is 2. The summed E-state index contributed by atoms with van der Waals surface area (Å²) in [6, 6.07) is 0. The van der Waals surface area contributed by atoms with Gasteiger partial charge in [-0.2, -0.15) is 0 Å². The summed E-state index contributed by atoms with van der Waals surface area (Å²) in [5.74, 6) is -3.22. The molecule has 0 bridgehead atoms. The quantitative estimate of drug-likeness (QED) is 0.0575. The fraction of sp³-hybridized carbons (Fsp3) is 0.739. The summed E-state index contributed by atoms with van der Waals surface area (Å²) in [4.78, 5) is 23.2. The Morgan fingerprint density at radius 1 is 0.818 bits per heavy atom. The SMILES string of the molecule is C=C(C)C(=O)OCCOC(C)(CC)[Si](C)(C)O[C@@](C)(CC)[Si](C)(I)OCCOC(=O)C(=C)C. The lowest BCUT2D eigenvalue weighted by Crippen LogP contribution is -2.65. The normalized spacial score (nSPS) is 17.3. The van der Waals surface area contributed by atoms with Crippen LogP contribution in [0.4, 0.5) is 0 Å². The Morgan fingerprint density at radius 2 is 1.24 bits per heavy atom. The summed E-state index contributed by atoms with van der Waals surface area (Å²) in [6.07, 6.45) is 1.54. The molecule has 0 aromatic rings. The van der Waals surface area contributed by atoms with Gasteiger partial charge in [0.1, 0.15) is 13.2 Å². The van der Waals surface area contributed by atoms with Crippen LogP contribution in [-0.2, 0) is 32.7 Å². The third kappa shape index (κ3) is 9.56. The second kappa shape index (κ2) is 13.5. The predicted molar refractivity (Wildman–Crippen MR) is 145 cm³/mol. The molecule has 0 aliphatic heterocycles. The molecule has 0 aromatic heterocycles. The van der Waals surface area contributed by atoms with Crippen LogP contribution in [0.15, 0.2) is 24.3 Å². The van der Waals surface area contributed by atoms with Gasteiger partial charge in [-0.05, 0) is 60.2 Å². The van der Waals surface area contributed by atoms with Crippen LogP contribution in [-0.4, -0.2) is 62.9 Å². The molecule has 0 radical (unpaired) electrons. The van der Waals surface area contributed by atoms with E-state index in [4.69, 9.17) is 23.1 Å². The molecule has 33 heavy (non-hydrogen) atoms. The monoisotopic (exact) mass is 614 g/mol. The van der Waals surface area contributed by atoms with Crippen molar-refractivity contribution in [3.8, 4) is 0 Å². The van der Waals surface area contributed by atoms with Crippen LogP contribution in [0.5, 0.6) is 0 Å². The average molecular weight is 615 g/mol. The summed E-state index contributed by atoms with van der Waals surface area (Å²) < 4.78 is 29.8. The third-order valence-corrected chi connectivity index (χ3v) is 17.8. The van der Waals surface area contributed by atoms with E-state index in [1.807, 2.05) is 0 Å². The van der Waals surface area contributed by atoms with E-state index in [1.165, 1.54) is 0 Å². The van der Waals surface area contributed by atoms with Crippen LogP contribution in [0.1, 0.15) is 54.4 Å². The maximum Gasteiger partial charge on any atom is 0.333 e. The molecule has 2 unspecified atom stereocenters. The van der Waals surface area contributed by atoms with E-state index in [0.717, 1.165) is 12.8 Å². The van der Waals surface area contributed by atoms with Crippen LogP contribution in [0.2, 0.25) is 19.6 Å². The molecule has 0 saturated heterocycles. The molecular formula is C23H43IO7Si2. The van der Waals surface area contributed by atoms with Gasteiger partial charge in [-0.1, -0.05) is 48.8 Å². The van der Waals surface area contributed by atoms with Crippen LogP contribution in [0.25, 0.3) is 0 Å². The molecular weight excluding hydrogens is 571 g/mol. The molecule has 0 aliphatic carbocycles. The number of carbonyl (C=O) groups is 2. The van der Waals surface area contributed by atoms with Gasteiger partial charge < -0.3 is 23.1 Å². The molecule has 0 aromatic carbocycles. The van der Waals surface area contributed by atoms with Gasteiger partial charge in [0, 0.05) is 11.1 Å². The highest BCUT2D eigenvalue weighted by atomic mass is 127. The van der Waals surface area contributed by atoms with Gasteiger partial charge >= 0.3 is 11.9 Å². The second-order valence-corrected chi connectivity index (χ2v) is 22.9. The molecule has 192 valence electrons. The Bertz CT molecular complexity index is 711. The minimum atomic E-state index is -2.43. The molecule has 0 aliphatic rings. The first-order chi connectivity index (χ1) is 15.0. The second-order valence-electron chi connectivity index (χ2n) is 9.23.